The second-order valence-corrected chi connectivity index (χ2v) is 8.80. The van der Waals surface area contributed by atoms with Crippen LogP contribution in [-0.4, -0.2) is 52.0 Å². The number of aliphatic imine (C=N–C) groups is 1. The first-order chi connectivity index (χ1) is 16.2. The number of pyridine rings is 2. The van der Waals surface area contributed by atoms with Crippen molar-refractivity contribution in [3.8, 4) is 11.3 Å². The van der Waals surface area contributed by atoms with Crippen molar-refractivity contribution in [3.05, 3.63) is 77.7 Å². The number of aromatic nitrogens is 2. The number of carbonyl (C=O) groups is 2. The molecule has 3 aromatic rings. The SMILES string of the molecule is COC(=O)Cc1ccc2c(c1)CC(=NC(=O)c1ccnc(-c3cccnc3)c1)N2CC(C)(C)O. The van der Waals surface area contributed by atoms with Gasteiger partial charge in [-0.2, -0.15) is 4.99 Å². The Morgan fingerprint density at radius 1 is 1.18 bits per heavy atom. The number of anilines is 1. The van der Waals surface area contributed by atoms with Crippen LogP contribution >= 0.6 is 0 Å². The average molecular weight is 459 g/mol. The van der Waals surface area contributed by atoms with Gasteiger partial charge in [0.25, 0.3) is 5.91 Å². The highest BCUT2D eigenvalue weighted by Gasteiger charge is 2.31. The first-order valence-electron chi connectivity index (χ1n) is 10.9. The number of amidine groups is 1. The van der Waals surface area contributed by atoms with E-state index in [2.05, 4.69) is 15.0 Å². The lowest BCUT2D eigenvalue weighted by atomic mass is 10.1. The van der Waals surface area contributed by atoms with Crippen molar-refractivity contribution >= 4 is 23.4 Å². The molecule has 3 heterocycles. The van der Waals surface area contributed by atoms with Crippen LogP contribution in [-0.2, 0) is 22.4 Å². The van der Waals surface area contributed by atoms with Crippen molar-refractivity contribution in [2.75, 3.05) is 18.6 Å². The number of fused-ring (bicyclic) bond motifs is 1. The van der Waals surface area contributed by atoms with Gasteiger partial charge in [0.15, 0.2) is 0 Å². The Morgan fingerprint density at radius 3 is 2.71 bits per heavy atom. The monoisotopic (exact) mass is 458 g/mol. The minimum absolute atomic E-state index is 0.162. The summed E-state index contributed by atoms with van der Waals surface area (Å²) in [4.78, 5) is 39.5. The molecule has 34 heavy (non-hydrogen) atoms. The largest absolute Gasteiger partial charge is 0.469 e. The first kappa shape index (κ1) is 23.3. The third-order valence-corrected chi connectivity index (χ3v) is 5.41. The van der Waals surface area contributed by atoms with E-state index in [-0.39, 0.29) is 18.9 Å². The van der Waals surface area contributed by atoms with Crippen LogP contribution in [0.15, 0.2) is 66.0 Å². The van der Waals surface area contributed by atoms with E-state index in [4.69, 9.17) is 4.74 Å². The molecule has 1 aromatic carbocycles. The van der Waals surface area contributed by atoms with Gasteiger partial charge in [0.2, 0.25) is 0 Å². The summed E-state index contributed by atoms with van der Waals surface area (Å²) < 4.78 is 4.77. The van der Waals surface area contributed by atoms with Gasteiger partial charge >= 0.3 is 5.97 Å². The third-order valence-electron chi connectivity index (χ3n) is 5.41. The van der Waals surface area contributed by atoms with Gasteiger partial charge in [0.05, 0.1) is 31.4 Å². The zero-order valence-corrected chi connectivity index (χ0v) is 19.4. The van der Waals surface area contributed by atoms with Crippen molar-refractivity contribution in [2.24, 2.45) is 4.99 Å². The molecule has 0 bridgehead atoms. The molecule has 0 radical (unpaired) electrons. The summed E-state index contributed by atoms with van der Waals surface area (Å²) in [5.74, 6) is -0.180. The minimum atomic E-state index is -1.01. The summed E-state index contributed by atoms with van der Waals surface area (Å²) in [5, 5.41) is 10.5. The molecule has 174 valence electrons. The van der Waals surface area contributed by atoms with E-state index in [1.165, 1.54) is 7.11 Å². The lowest BCUT2D eigenvalue weighted by Crippen LogP contribution is -2.40. The molecule has 0 fully saturated rings. The van der Waals surface area contributed by atoms with Gasteiger partial charge in [-0.05, 0) is 55.3 Å². The predicted molar refractivity (Wildman–Crippen MR) is 129 cm³/mol. The van der Waals surface area contributed by atoms with Gasteiger partial charge in [-0.1, -0.05) is 12.1 Å². The molecule has 1 amide bonds. The van der Waals surface area contributed by atoms with Gasteiger partial charge in [-0.25, -0.2) is 0 Å². The van der Waals surface area contributed by atoms with Crippen LogP contribution in [0.2, 0.25) is 0 Å². The molecule has 0 saturated carbocycles. The van der Waals surface area contributed by atoms with Crippen LogP contribution in [0.5, 0.6) is 0 Å². The van der Waals surface area contributed by atoms with E-state index in [9.17, 15) is 14.7 Å². The highest BCUT2D eigenvalue weighted by Crippen LogP contribution is 2.32. The number of esters is 1. The molecule has 1 aliphatic rings. The number of amides is 1. The summed E-state index contributed by atoms with van der Waals surface area (Å²) in [6.45, 7) is 3.68. The molecule has 0 unspecified atom stereocenters. The molecule has 2 aromatic heterocycles. The highest BCUT2D eigenvalue weighted by molar-refractivity contribution is 6.12. The maximum absolute atomic E-state index is 13.1. The Hall–Kier alpha value is -3.91. The molecule has 0 saturated heterocycles. The maximum Gasteiger partial charge on any atom is 0.309 e. The third kappa shape index (κ3) is 5.35. The molecule has 0 atom stereocenters. The van der Waals surface area contributed by atoms with Crippen LogP contribution in [0.1, 0.15) is 35.3 Å². The zero-order chi connectivity index (χ0) is 24.3. The van der Waals surface area contributed by atoms with E-state index < -0.39 is 11.5 Å². The maximum atomic E-state index is 13.1. The van der Waals surface area contributed by atoms with Crippen LogP contribution in [0.25, 0.3) is 11.3 Å². The van der Waals surface area contributed by atoms with Crippen molar-refractivity contribution in [1.29, 1.82) is 0 Å². The van der Waals surface area contributed by atoms with Crippen LogP contribution in [0.3, 0.4) is 0 Å². The lowest BCUT2D eigenvalue weighted by Gasteiger charge is -2.28. The topological polar surface area (TPSA) is 105 Å². The van der Waals surface area contributed by atoms with Crippen molar-refractivity contribution in [2.45, 2.75) is 32.3 Å². The van der Waals surface area contributed by atoms with Gasteiger partial charge in [0.1, 0.15) is 5.84 Å². The minimum Gasteiger partial charge on any atom is -0.469 e. The number of nitrogens with zero attached hydrogens (tertiary/aromatic N) is 4. The Morgan fingerprint density at radius 2 is 2.00 bits per heavy atom. The fraction of sp³-hybridized carbons (Fsp3) is 0.269. The van der Waals surface area contributed by atoms with Gasteiger partial charge in [-0.15, -0.1) is 0 Å². The van der Waals surface area contributed by atoms with E-state index in [0.29, 0.717) is 23.5 Å². The summed E-state index contributed by atoms with van der Waals surface area (Å²) in [7, 11) is 1.36. The number of β-amino-alcohol motifs (C(OH)–C–C–N with tert-alkyl or cyclic N) is 1. The summed E-state index contributed by atoms with van der Waals surface area (Å²) in [6.07, 6.45) is 5.51. The summed E-state index contributed by atoms with van der Waals surface area (Å²) >= 11 is 0. The second-order valence-electron chi connectivity index (χ2n) is 8.80. The molecule has 1 N–H and O–H groups in total. The standard InChI is InChI=1S/C26H26N4O4/c1-26(2,33)16-30-22-7-6-17(12-24(31)34-3)11-20(22)14-23(30)29-25(32)18-8-10-28-21(13-18)19-5-4-9-27-15-19/h4-11,13,15,33H,12,14,16H2,1-3H3. The first-order valence-corrected chi connectivity index (χ1v) is 10.9. The number of carbonyl (C=O) groups excluding carboxylic acids is 2. The quantitative estimate of drug-likeness (QED) is 0.566. The Kier molecular flexibility index (Phi) is 6.51. The molecule has 8 nitrogen and oxygen atoms in total. The van der Waals surface area contributed by atoms with Crippen molar-refractivity contribution < 1.29 is 19.4 Å². The van der Waals surface area contributed by atoms with Crippen molar-refractivity contribution in [1.82, 2.24) is 9.97 Å². The van der Waals surface area contributed by atoms with E-state index in [0.717, 1.165) is 22.4 Å². The molecule has 0 spiro atoms. The van der Waals surface area contributed by atoms with Crippen molar-refractivity contribution in [3.63, 3.8) is 0 Å². The number of ether oxygens (including phenoxy) is 1. The number of benzene rings is 1. The van der Waals surface area contributed by atoms with E-state index in [1.54, 1.807) is 44.6 Å². The average Bonchev–Trinajstić information content (AvgIpc) is 3.14. The Labute approximate surface area is 198 Å². The van der Waals surface area contributed by atoms with Crippen LogP contribution in [0.4, 0.5) is 5.69 Å². The van der Waals surface area contributed by atoms with Crippen LogP contribution in [0, 0.1) is 0 Å². The Bertz CT molecular complexity index is 1250. The number of rotatable bonds is 6. The van der Waals surface area contributed by atoms with Gasteiger partial charge < -0.3 is 14.7 Å². The summed E-state index contributed by atoms with van der Waals surface area (Å²) in [5.41, 5.74) is 3.44. The molecule has 0 aliphatic carbocycles. The highest BCUT2D eigenvalue weighted by atomic mass is 16.5. The molecule has 1 aliphatic heterocycles. The molecule has 8 heteroatoms. The van der Waals surface area contributed by atoms with Crippen LogP contribution < -0.4 is 4.90 Å². The predicted octanol–water partition coefficient (Wildman–Crippen LogP) is 3.23. The number of methoxy groups -OCH3 is 1. The van der Waals surface area contributed by atoms with E-state index >= 15 is 0 Å². The van der Waals surface area contributed by atoms with E-state index in [1.807, 2.05) is 35.2 Å². The molecular weight excluding hydrogens is 432 g/mol. The van der Waals surface area contributed by atoms with Gasteiger partial charge in [-0.3, -0.25) is 19.6 Å². The number of hydrogen-bond donors (Lipinski definition) is 1. The summed E-state index contributed by atoms with van der Waals surface area (Å²) in [6, 6.07) is 12.7. The molecular formula is C26H26N4O4. The number of aliphatic hydroxyl groups is 1. The fourth-order valence-electron chi connectivity index (χ4n) is 3.88. The smallest absolute Gasteiger partial charge is 0.309 e. The van der Waals surface area contributed by atoms with Gasteiger partial charge in [0, 0.05) is 41.8 Å². The second kappa shape index (κ2) is 9.52. The normalized spacial score (nSPS) is 14.2. The molecule has 4 rings (SSSR count). The number of hydrogen-bond acceptors (Lipinski definition) is 6. The lowest BCUT2D eigenvalue weighted by molar-refractivity contribution is -0.139. The Balaban J connectivity index is 1.65. The zero-order valence-electron chi connectivity index (χ0n) is 19.4. The fourth-order valence-corrected chi connectivity index (χ4v) is 3.88.